The van der Waals surface area contributed by atoms with Gasteiger partial charge in [0.2, 0.25) is 0 Å². The van der Waals surface area contributed by atoms with Crippen molar-refractivity contribution in [2.75, 3.05) is 0 Å². The van der Waals surface area contributed by atoms with Gasteiger partial charge in [0.15, 0.2) is 5.78 Å². The Balaban J connectivity index is 2.80. The first kappa shape index (κ1) is 7.79. The number of H-pyrrole nitrogens is 1. The van der Waals surface area contributed by atoms with Crippen LogP contribution in [0.5, 0.6) is 0 Å². The fourth-order valence-corrected chi connectivity index (χ4v) is 1.18. The molecule has 2 aromatic rings. The maximum atomic E-state index is 11.0. The van der Waals surface area contributed by atoms with Gasteiger partial charge in [0.25, 0.3) is 0 Å². The van der Waals surface area contributed by atoms with Gasteiger partial charge in [-0.2, -0.15) is 0 Å². The molecule has 0 saturated heterocycles. The summed E-state index contributed by atoms with van der Waals surface area (Å²) in [6, 6.07) is 4.83. The van der Waals surface area contributed by atoms with Gasteiger partial charge in [-0.25, -0.2) is 9.95 Å². The number of nitrogens with one attached hydrogen (secondary N) is 1. The smallest absolute Gasteiger partial charge is 0.338 e. The molecular formula is C9H7NO3. The lowest BCUT2D eigenvalue weighted by atomic mass is 10.1. The lowest BCUT2D eigenvalue weighted by molar-refractivity contribution is 0.101. The molecule has 0 radical (unpaired) electrons. The second kappa shape index (κ2) is 2.58. The van der Waals surface area contributed by atoms with Gasteiger partial charge < -0.3 is 4.52 Å². The zero-order chi connectivity index (χ0) is 9.42. The highest BCUT2D eigenvalue weighted by Gasteiger charge is 2.05. The molecule has 0 aliphatic carbocycles. The van der Waals surface area contributed by atoms with E-state index in [1.165, 1.54) is 13.0 Å². The van der Waals surface area contributed by atoms with Crippen LogP contribution >= 0.6 is 0 Å². The summed E-state index contributed by atoms with van der Waals surface area (Å²) in [7, 11) is 0. The lowest BCUT2D eigenvalue weighted by Gasteiger charge is -1.92. The maximum Gasteiger partial charge on any atom is 0.365 e. The number of Topliss-reactive ketones (excluding diaryl/α,β-unsaturated/α-hetero) is 1. The van der Waals surface area contributed by atoms with Crippen molar-refractivity contribution in [3.8, 4) is 0 Å². The van der Waals surface area contributed by atoms with E-state index in [2.05, 4.69) is 9.68 Å². The van der Waals surface area contributed by atoms with Crippen molar-refractivity contribution >= 4 is 16.7 Å². The Morgan fingerprint density at radius 2 is 2.23 bits per heavy atom. The molecular weight excluding hydrogens is 170 g/mol. The van der Waals surface area contributed by atoms with E-state index in [0.717, 1.165) is 0 Å². The van der Waals surface area contributed by atoms with Crippen LogP contribution in [0.25, 0.3) is 10.9 Å². The minimum absolute atomic E-state index is 0.0671. The van der Waals surface area contributed by atoms with Crippen LogP contribution < -0.4 is 5.63 Å². The number of aromatic nitrogens is 1. The quantitative estimate of drug-likeness (QED) is 0.668. The first-order valence-corrected chi connectivity index (χ1v) is 3.80. The van der Waals surface area contributed by atoms with Crippen molar-refractivity contribution in [2.24, 2.45) is 0 Å². The van der Waals surface area contributed by atoms with Crippen molar-refractivity contribution in [3.05, 3.63) is 34.2 Å². The van der Waals surface area contributed by atoms with E-state index in [4.69, 9.17) is 0 Å². The highest BCUT2D eigenvalue weighted by atomic mass is 16.5. The van der Waals surface area contributed by atoms with Crippen LogP contribution in [-0.2, 0) is 0 Å². The van der Waals surface area contributed by atoms with E-state index in [0.29, 0.717) is 16.5 Å². The average molecular weight is 177 g/mol. The minimum Gasteiger partial charge on any atom is -0.338 e. The van der Waals surface area contributed by atoms with Crippen LogP contribution in [0.15, 0.2) is 27.5 Å². The van der Waals surface area contributed by atoms with Gasteiger partial charge in [0.05, 0.1) is 10.9 Å². The van der Waals surface area contributed by atoms with Crippen molar-refractivity contribution in [1.29, 1.82) is 0 Å². The van der Waals surface area contributed by atoms with Crippen molar-refractivity contribution in [1.82, 2.24) is 5.16 Å². The van der Waals surface area contributed by atoms with Crippen LogP contribution in [-0.4, -0.2) is 10.9 Å². The molecule has 0 unspecified atom stereocenters. The molecule has 4 nitrogen and oxygen atoms in total. The minimum atomic E-state index is -0.446. The van der Waals surface area contributed by atoms with Crippen LogP contribution in [0.4, 0.5) is 0 Å². The Kier molecular flexibility index (Phi) is 1.55. The number of fused-ring (bicyclic) bond motifs is 1. The lowest BCUT2D eigenvalue weighted by Crippen LogP contribution is -1.95. The molecule has 0 spiro atoms. The molecule has 1 aromatic heterocycles. The average Bonchev–Trinajstić information content (AvgIpc) is 2.47. The topological polar surface area (TPSA) is 63.1 Å². The number of rotatable bonds is 1. The van der Waals surface area contributed by atoms with Gasteiger partial charge in [-0.05, 0) is 25.1 Å². The number of benzene rings is 1. The summed E-state index contributed by atoms with van der Waals surface area (Å²) in [6.07, 6.45) is 0. The molecule has 0 aliphatic heterocycles. The van der Waals surface area contributed by atoms with Gasteiger partial charge in [0, 0.05) is 5.56 Å². The first-order chi connectivity index (χ1) is 6.18. The molecule has 0 aliphatic rings. The molecule has 1 aromatic carbocycles. The molecule has 0 atom stereocenters. The van der Waals surface area contributed by atoms with Crippen molar-refractivity contribution in [3.63, 3.8) is 0 Å². The molecule has 0 fully saturated rings. The van der Waals surface area contributed by atoms with Crippen LogP contribution in [0.1, 0.15) is 17.3 Å². The third kappa shape index (κ3) is 1.16. The van der Waals surface area contributed by atoms with Crippen LogP contribution in [0.3, 0.4) is 0 Å². The number of aromatic amines is 1. The van der Waals surface area contributed by atoms with Gasteiger partial charge >= 0.3 is 5.63 Å². The molecule has 1 N–H and O–H groups in total. The third-order valence-corrected chi connectivity index (χ3v) is 1.90. The molecule has 66 valence electrons. The Bertz CT molecular complexity index is 521. The molecule has 13 heavy (non-hydrogen) atoms. The van der Waals surface area contributed by atoms with E-state index in [1.807, 2.05) is 0 Å². The zero-order valence-corrected chi connectivity index (χ0v) is 6.96. The predicted molar refractivity (Wildman–Crippen MR) is 46.8 cm³/mol. The van der Waals surface area contributed by atoms with Crippen molar-refractivity contribution in [2.45, 2.75) is 6.92 Å². The van der Waals surface area contributed by atoms with Crippen molar-refractivity contribution < 1.29 is 9.32 Å². The predicted octanol–water partition coefficient (Wildman–Crippen LogP) is 1.32. The summed E-state index contributed by atoms with van der Waals surface area (Å²) in [6.45, 7) is 1.45. The fraction of sp³-hybridized carbons (Fsp3) is 0.111. The normalized spacial score (nSPS) is 10.5. The number of carbonyl (C=O) groups is 1. The summed E-state index contributed by atoms with van der Waals surface area (Å²) >= 11 is 0. The zero-order valence-electron chi connectivity index (χ0n) is 6.96. The Morgan fingerprint density at radius 1 is 1.46 bits per heavy atom. The highest BCUT2D eigenvalue weighted by Crippen LogP contribution is 2.10. The number of hydrogen-bond acceptors (Lipinski definition) is 3. The largest absolute Gasteiger partial charge is 0.365 e. The summed E-state index contributed by atoms with van der Waals surface area (Å²) in [5, 5.41) is 2.87. The van der Waals surface area contributed by atoms with Gasteiger partial charge in [-0.1, -0.05) is 0 Å². The number of ketones is 1. The molecule has 0 saturated carbocycles. The molecule has 0 amide bonds. The Labute approximate surface area is 73.1 Å². The van der Waals surface area contributed by atoms with E-state index < -0.39 is 5.63 Å². The van der Waals surface area contributed by atoms with Crippen LogP contribution in [0, 0.1) is 0 Å². The van der Waals surface area contributed by atoms with Gasteiger partial charge in [-0.3, -0.25) is 4.79 Å². The number of carbonyl (C=O) groups excluding carboxylic acids is 1. The second-order valence-electron chi connectivity index (χ2n) is 2.81. The monoisotopic (exact) mass is 177 g/mol. The van der Waals surface area contributed by atoms with E-state index >= 15 is 0 Å². The molecule has 2 rings (SSSR count). The van der Waals surface area contributed by atoms with Gasteiger partial charge in [0.1, 0.15) is 0 Å². The summed E-state index contributed by atoms with van der Waals surface area (Å²) in [5.74, 6) is -0.0671. The third-order valence-electron chi connectivity index (χ3n) is 1.90. The summed E-state index contributed by atoms with van der Waals surface area (Å²) in [4.78, 5) is 22.0. The fourth-order valence-electron chi connectivity index (χ4n) is 1.18. The Morgan fingerprint density at radius 3 is 2.92 bits per heavy atom. The summed E-state index contributed by atoms with van der Waals surface area (Å²) in [5.41, 5.74) is 0.674. The van der Waals surface area contributed by atoms with E-state index in [1.54, 1.807) is 12.1 Å². The molecule has 1 heterocycles. The SMILES string of the molecule is CC(=O)c1ccc2[nH]oc(=O)c2c1. The summed E-state index contributed by atoms with van der Waals surface area (Å²) < 4.78 is 4.56. The van der Waals surface area contributed by atoms with E-state index in [9.17, 15) is 9.59 Å². The van der Waals surface area contributed by atoms with E-state index in [-0.39, 0.29) is 5.78 Å². The maximum absolute atomic E-state index is 11.0. The van der Waals surface area contributed by atoms with Gasteiger partial charge in [-0.15, -0.1) is 0 Å². The Hall–Kier alpha value is -1.84. The van der Waals surface area contributed by atoms with Crippen LogP contribution in [0.2, 0.25) is 0 Å². The second-order valence-corrected chi connectivity index (χ2v) is 2.81. The molecule has 4 heteroatoms. The molecule has 0 bridgehead atoms. The standard InChI is InChI=1S/C9H7NO3/c1-5(11)6-2-3-8-7(4-6)9(12)13-10-8/h2-4,10H,1H3. The number of hydrogen-bond donors (Lipinski definition) is 1. The first-order valence-electron chi connectivity index (χ1n) is 3.80. The highest BCUT2D eigenvalue weighted by molar-refractivity contribution is 5.97.